The number of hydrogen-bond acceptors (Lipinski definition) is 2. The summed E-state index contributed by atoms with van der Waals surface area (Å²) in [6.45, 7) is 0. The average molecular weight is 209 g/mol. The van der Waals surface area contributed by atoms with Gasteiger partial charge in [0, 0.05) is 5.54 Å². The summed E-state index contributed by atoms with van der Waals surface area (Å²) in [6.07, 6.45) is 7.09. The van der Waals surface area contributed by atoms with Crippen molar-refractivity contribution in [2.75, 3.05) is 0 Å². The van der Waals surface area contributed by atoms with E-state index in [4.69, 9.17) is 5.73 Å². The molecule has 0 amide bonds. The van der Waals surface area contributed by atoms with E-state index in [1.165, 1.54) is 19.3 Å². The molecule has 4 atom stereocenters. The highest BCUT2D eigenvalue weighted by Gasteiger charge is 2.60. The first-order valence-corrected chi connectivity index (χ1v) is 6.06. The van der Waals surface area contributed by atoms with Crippen molar-refractivity contribution in [3.8, 4) is 0 Å². The van der Waals surface area contributed by atoms with Gasteiger partial charge >= 0.3 is 5.97 Å². The zero-order valence-corrected chi connectivity index (χ0v) is 9.04. The van der Waals surface area contributed by atoms with E-state index in [2.05, 4.69) is 0 Å². The van der Waals surface area contributed by atoms with Crippen molar-refractivity contribution in [2.24, 2.45) is 23.0 Å². The van der Waals surface area contributed by atoms with Crippen LogP contribution in [0.1, 0.15) is 44.9 Å². The summed E-state index contributed by atoms with van der Waals surface area (Å²) < 4.78 is 0. The number of nitrogens with two attached hydrogens (primary N) is 1. The van der Waals surface area contributed by atoms with E-state index < -0.39 is 11.4 Å². The SMILES string of the molecule is NC12CCCC3CC1CC(C(=O)O)(C3)C2. The lowest BCUT2D eigenvalue weighted by Crippen LogP contribution is -2.43. The molecule has 3 aliphatic rings. The van der Waals surface area contributed by atoms with Gasteiger partial charge < -0.3 is 10.8 Å². The van der Waals surface area contributed by atoms with E-state index in [9.17, 15) is 9.90 Å². The van der Waals surface area contributed by atoms with Crippen LogP contribution in [0.5, 0.6) is 0 Å². The Bertz CT molecular complexity index is 313. The standard InChI is InChI=1S/C12H19NO2/c13-12-3-1-2-8-4-9(12)6-11(5-8,7-12)10(14)15/h8-9H,1-7,13H2,(H,14,15). The van der Waals surface area contributed by atoms with Crippen LogP contribution >= 0.6 is 0 Å². The second-order valence-electron chi connectivity index (χ2n) is 6.09. The molecule has 84 valence electrons. The Morgan fingerprint density at radius 2 is 2.20 bits per heavy atom. The number of hydrogen-bond donors (Lipinski definition) is 2. The third kappa shape index (κ3) is 1.19. The fraction of sp³-hybridized carbons (Fsp3) is 0.917. The van der Waals surface area contributed by atoms with E-state index in [1.807, 2.05) is 0 Å². The second kappa shape index (κ2) is 2.76. The molecule has 0 radical (unpaired) electrons. The van der Waals surface area contributed by atoms with E-state index >= 15 is 0 Å². The van der Waals surface area contributed by atoms with E-state index in [0.29, 0.717) is 11.8 Å². The van der Waals surface area contributed by atoms with Gasteiger partial charge in [-0.1, -0.05) is 12.8 Å². The smallest absolute Gasteiger partial charge is 0.309 e. The molecule has 3 saturated carbocycles. The van der Waals surface area contributed by atoms with Crippen molar-refractivity contribution < 1.29 is 9.90 Å². The summed E-state index contributed by atoms with van der Waals surface area (Å²) in [5.74, 6) is 0.522. The molecule has 3 nitrogen and oxygen atoms in total. The van der Waals surface area contributed by atoms with E-state index in [0.717, 1.165) is 25.7 Å². The number of rotatable bonds is 1. The number of carboxylic acids is 1. The zero-order chi connectivity index (χ0) is 10.7. The van der Waals surface area contributed by atoms with Gasteiger partial charge in [0.15, 0.2) is 0 Å². The van der Waals surface area contributed by atoms with Gasteiger partial charge in [-0.2, -0.15) is 0 Å². The van der Waals surface area contributed by atoms with Crippen molar-refractivity contribution in [2.45, 2.75) is 50.5 Å². The molecule has 0 heterocycles. The van der Waals surface area contributed by atoms with E-state index in [1.54, 1.807) is 0 Å². The summed E-state index contributed by atoms with van der Waals surface area (Å²) in [6, 6.07) is 0. The minimum atomic E-state index is -0.591. The fourth-order valence-electron chi connectivity index (χ4n) is 4.52. The van der Waals surface area contributed by atoms with Crippen molar-refractivity contribution >= 4 is 5.97 Å². The minimum Gasteiger partial charge on any atom is -0.481 e. The molecular weight excluding hydrogens is 190 g/mol. The van der Waals surface area contributed by atoms with Crippen LogP contribution in [-0.2, 0) is 4.79 Å². The molecule has 4 unspecified atom stereocenters. The van der Waals surface area contributed by atoms with Gasteiger partial charge in [-0.15, -0.1) is 0 Å². The molecule has 3 fully saturated rings. The van der Waals surface area contributed by atoms with Crippen LogP contribution in [-0.4, -0.2) is 16.6 Å². The molecule has 0 aromatic carbocycles. The lowest BCUT2D eigenvalue weighted by Gasteiger charge is -2.34. The first kappa shape index (κ1) is 9.64. The van der Waals surface area contributed by atoms with Crippen molar-refractivity contribution in [1.29, 1.82) is 0 Å². The summed E-state index contributed by atoms with van der Waals surface area (Å²) in [4.78, 5) is 11.5. The van der Waals surface area contributed by atoms with Gasteiger partial charge in [-0.3, -0.25) is 4.79 Å². The highest BCUT2D eigenvalue weighted by Crippen LogP contribution is 2.60. The summed E-state index contributed by atoms with van der Waals surface area (Å²) in [7, 11) is 0. The highest BCUT2D eigenvalue weighted by molar-refractivity contribution is 5.76. The minimum absolute atomic E-state index is 0.149. The first-order valence-electron chi connectivity index (χ1n) is 6.06. The number of carbonyl (C=O) groups is 1. The predicted octanol–water partition coefficient (Wildman–Crippen LogP) is 1.76. The summed E-state index contributed by atoms with van der Waals surface area (Å²) in [5.41, 5.74) is 5.84. The van der Waals surface area contributed by atoms with Crippen LogP contribution < -0.4 is 5.73 Å². The Labute approximate surface area is 90.0 Å². The predicted molar refractivity (Wildman–Crippen MR) is 56.3 cm³/mol. The molecule has 0 aliphatic heterocycles. The molecule has 15 heavy (non-hydrogen) atoms. The van der Waals surface area contributed by atoms with Gasteiger partial charge in [0.05, 0.1) is 5.41 Å². The molecule has 3 rings (SSSR count). The first-order chi connectivity index (χ1) is 7.04. The van der Waals surface area contributed by atoms with Crippen LogP contribution in [0, 0.1) is 17.3 Å². The molecule has 0 aromatic heterocycles. The lowest BCUT2D eigenvalue weighted by atomic mass is 9.70. The van der Waals surface area contributed by atoms with Crippen LogP contribution in [0.25, 0.3) is 0 Å². The normalized spacial score (nSPS) is 52.9. The Morgan fingerprint density at radius 3 is 2.93 bits per heavy atom. The molecule has 3 aliphatic carbocycles. The molecule has 3 heteroatoms. The Kier molecular flexibility index (Phi) is 1.77. The maximum atomic E-state index is 11.5. The van der Waals surface area contributed by atoms with Gasteiger partial charge in [0.25, 0.3) is 0 Å². The number of carboxylic acid groups (broad SMARTS) is 1. The second-order valence-corrected chi connectivity index (χ2v) is 6.09. The Hall–Kier alpha value is -0.570. The topological polar surface area (TPSA) is 63.3 Å². The molecule has 0 aromatic rings. The zero-order valence-electron chi connectivity index (χ0n) is 9.04. The fourth-order valence-corrected chi connectivity index (χ4v) is 4.52. The molecule has 0 saturated heterocycles. The third-order valence-corrected chi connectivity index (χ3v) is 5.12. The molecule has 0 spiro atoms. The van der Waals surface area contributed by atoms with Gasteiger partial charge in [0.2, 0.25) is 0 Å². The van der Waals surface area contributed by atoms with Crippen LogP contribution in [0.3, 0.4) is 0 Å². The number of aliphatic carboxylic acids is 1. The largest absolute Gasteiger partial charge is 0.481 e. The quantitative estimate of drug-likeness (QED) is 0.691. The van der Waals surface area contributed by atoms with Gasteiger partial charge in [-0.25, -0.2) is 0 Å². The number of fused-ring (bicyclic) bond motifs is 2. The molecule has 3 bridgehead atoms. The van der Waals surface area contributed by atoms with Gasteiger partial charge in [-0.05, 0) is 43.9 Å². The monoisotopic (exact) mass is 209 g/mol. The van der Waals surface area contributed by atoms with Crippen LogP contribution in [0.2, 0.25) is 0 Å². The van der Waals surface area contributed by atoms with Crippen molar-refractivity contribution in [1.82, 2.24) is 0 Å². The van der Waals surface area contributed by atoms with Gasteiger partial charge in [0.1, 0.15) is 0 Å². The van der Waals surface area contributed by atoms with Crippen molar-refractivity contribution in [3.05, 3.63) is 0 Å². The maximum absolute atomic E-state index is 11.5. The lowest BCUT2D eigenvalue weighted by molar-refractivity contribution is -0.151. The summed E-state index contributed by atoms with van der Waals surface area (Å²) in [5, 5.41) is 9.43. The average Bonchev–Trinajstić information content (AvgIpc) is 2.28. The Balaban J connectivity index is 2.02. The molecule has 3 N–H and O–H groups in total. The highest BCUT2D eigenvalue weighted by atomic mass is 16.4. The van der Waals surface area contributed by atoms with Crippen LogP contribution in [0.15, 0.2) is 0 Å². The third-order valence-electron chi connectivity index (χ3n) is 5.12. The van der Waals surface area contributed by atoms with E-state index in [-0.39, 0.29) is 5.54 Å². The van der Waals surface area contributed by atoms with Crippen LogP contribution in [0.4, 0.5) is 0 Å². The maximum Gasteiger partial charge on any atom is 0.309 e. The molecular formula is C12H19NO2. The Morgan fingerprint density at radius 1 is 1.40 bits per heavy atom. The summed E-state index contributed by atoms with van der Waals surface area (Å²) >= 11 is 0. The van der Waals surface area contributed by atoms with Crippen molar-refractivity contribution in [3.63, 3.8) is 0 Å².